The topological polar surface area (TPSA) is 17.1 Å². The second kappa shape index (κ2) is 3.54. The van der Waals surface area contributed by atoms with E-state index in [0.717, 1.165) is 5.57 Å². The van der Waals surface area contributed by atoms with Gasteiger partial charge in [0.05, 0.1) is 0 Å². The van der Waals surface area contributed by atoms with Gasteiger partial charge in [-0.25, -0.2) is 0 Å². The minimum absolute atomic E-state index is 0.212. The summed E-state index contributed by atoms with van der Waals surface area (Å²) in [5.74, 6) is 0. The Morgan fingerprint density at radius 2 is 1.78 bits per heavy atom. The fourth-order valence-corrected chi connectivity index (χ4v) is 0.484. The van der Waals surface area contributed by atoms with Crippen molar-refractivity contribution in [2.45, 2.75) is 20.8 Å². The monoisotopic (exact) mass is 142 g/mol. The van der Waals surface area contributed by atoms with E-state index >= 15 is 0 Å². The van der Waals surface area contributed by atoms with Crippen LogP contribution in [-0.2, 0) is 4.79 Å². The molecule has 0 aromatic heterocycles. The van der Waals surface area contributed by atoms with Gasteiger partial charge >= 0.3 is 0 Å². The molecule has 0 heterocycles. The van der Waals surface area contributed by atoms with Crippen molar-refractivity contribution in [3.05, 3.63) is 16.9 Å². The third-order valence-corrected chi connectivity index (χ3v) is 1.09. The van der Waals surface area contributed by atoms with Crippen LogP contribution in [0.4, 0.5) is 0 Å². The Balaban J connectivity index is 4.55. The highest BCUT2D eigenvalue weighted by atomic mass is 32.1. The van der Waals surface area contributed by atoms with Crippen LogP contribution in [0.1, 0.15) is 20.8 Å². The molecular weight excluding hydrogens is 132 g/mol. The summed E-state index contributed by atoms with van der Waals surface area (Å²) < 4.78 is 0. The molecule has 0 aliphatic rings. The quantitative estimate of drug-likeness (QED) is 0.336. The van der Waals surface area contributed by atoms with E-state index < -0.39 is 0 Å². The molecule has 1 nitrogen and oxygen atoms in total. The van der Waals surface area contributed by atoms with E-state index in [0.29, 0.717) is 5.57 Å². The Morgan fingerprint density at radius 3 is 1.89 bits per heavy atom. The predicted molar refractivity (Wildman–Crippen MR) is 41.6 cm³/mol. The van der Waals surface area contributed by atoms with Crippen molar-refractivity contribution in [3.63, 3.8) is 0 Å². The molecule has 0 aromatic rings. The summed E-state index contributed by atoms with van der Waals surface area (Å²) >= 11 is 3.62. The zero-order valence-electron chi connectivity index (χ0n) is 5.86. The second-order valence-corrected chi connectivity index (χ2v) is 2.46. The highest BCUT2D eigenvalue weighted by Gasteiger charge is 1.92. The molecule has 0 fully saturated rings. The van der Waals surface area contributed by atoms with Crippen LogP contribution in [0.15, 0.2) is 16.9 Å². The summed E-state index contributed by atoms with van der Waals surface area (Å²) in [6.45, 7) is 5.47. The molecular formula is C7H10OS. The lowest BCUT2D eigenvalue weighted by atomic mass is 10.3. The van der Waals surface area contributed by atoms with E-state index in [1.54, 1.807) is 6.92 Å². The van der Waals surface area contributed by atoms with Crippen LogP contribution in [-0.4, -0.2) is 5.12 Å². The minimum atomic E-state index is -0.212. The zero-order valence-corrected chi connectivity index (χ0v) is 6.75. The van der Waals surface area contributed by atoms with Gasteiger partial charge in [-0.15, -0.1) is 18.4 Å². The van der Waals surface area contributed by atoms with Gasteiger partial charge in [-0.3, -0.25) is 4.79 Å². The fourth-order valence-electron chi connectivity index (χ4n) is 0.428. The highest BCUT2D eigenvalue weighted by Crippen LogP contribution is 1.97. The summed E-state index contributed by atoms with van der Waals surface area (Å²) in [7, 11) is 0. The first kappa shape index (κ1) is 8.54. The maximum atomic E-state index is 10.4. The smallest absolute Gasteiger partial charge is 0.219 e. The van der Waals surface area contributed by atoms with Crippen LogP contribution in [0.25, 0.3) is 0 Å². The largest absolute Gasteiger partial charge is 0.282 e. The number of thiol groups is 1. The lowest BCUT2D eigenvalue weighted by molar-refractivity contribution is -0.107. The molecule has 0 aliphatic heterocycles. The van der Waals surface area contributed by atoms with Crippen LogP contribution in [0, 0.1) is 0 Å². The first-order valence-electron chi connectivity index (χ1n) is 2.68. The molecule has 0 saturated carbocycles. The molecule has 0 unspecified atom stereocenters. The summed E-state index contributed by atoms with van der Waals surface area (Å²) in [6, 6.07) is 0. The normalized spacial score (nSPS) is 8.00. The van der Waals surface area contributed by atoms with Crippen LogP contribution in [0.5, 0.6) is 0 Å². The van der Waals surface area contributed by atoms with Gasteiger partial charge in [-0.2, -0.15) is 0 Å². The highest BCUT2D eigenvalue weighted by molar-refractivity contribution is 7.97. The third kappa shape index (κ3) is 4.07. The van der Waals surface area contributed by atoms with Gasteiger partial charge in [0.15, 0.2) is 0 Å². The Labute approximate surface area is 60.9 Å². The van der Waals surface area contributed by atoms with E-state index in [1.165, 1.54) is 0 Å². The number of hydrogen-bond acceptors (Lipinski definition) is 1. The van der Waals surface area contributed by atoms with Crippen LogP contribution in [0.2, 0.25) is 0 Å². The van der Waals surface area contributed by atoms with Gasteiger partial charge in [-0.05, 0) is 26.3 Å². The molecule has 2 heteroatoms. The lowest BCUT2D eigenvalue weighted by Crippen LogP contribution is -1.84. The van der Waals surface area contributed by atoms with Crippen molar-refractivity contribution in [1.82, 2.24) is 0 Å². The van der Waals surface area contributed by atoms with Crippen molar-refractivity contribution >= 4 is 17.7 Å². The fraction of sp³-hybridized carbons (Fsp3) is 0.429. The lowest BCUT2D eigenvalue weighted by Gasteiger charge is -1.84. The molecule has 0 bridgehead atoms. The van der Waals surface area contributed by atoms with Gasteiger partial charge < -0.3 is 0 Å². The Bertz CT molecular complexity index is 181. The summed E-state index contributed by atoms with van der Waals surface area (Å²) in [5.41, 5.74) is 4.41. The number of rotatable bonds is 1. The van der Waals surface area contributed by atoms with Gasteiger partial charge in [0.2, 0.25) is 5.12 Å². The first-order valence-corrected chi connectivity index (χ1v) is 3.12. The van der Waals surface area contributed by atoms with E-state index in [-0.39, 0.29) is 5.12 Å². The SMILES string of the molecule is CC(C)=C=C(C)C(=O)S. The average Bonchev–Trinajstić information content (AvgIpc) is 1.63. The summed E-state index contributed by atoms with van der Waals surface area (Å²) in [6.07, 6.45) is 0. The Kier molecular flexibility index (Phi) is 3.36. The molecule has 0 rings (SSSR count). The van der Waals surface area contributed by atoms with E-state index in [1.807, 2.05) is 13.8 Å². The average molecular weight is 142 g/mol. The van der Waals surface area contributed by atoms with Crippen molar-refractivity contribution in [3.8, 4) is 0 Å². The van der Waals surface area contributed by atoms with Gasteiger partial charge in [0.25, 0.3) is 0 Å². The zero-order chi connectivity index (χ0) is 7.44. The van der Waals surface area contributed by atoms with Crippen LogP contribution in [0.3, 0.4) is 0 Å². The maximum absolute atomic E-state index is 10.4. The summed E-state index contributed by atoms with van der Waals surface area (Å²) in [4.78, 5) is 10.4. The third-order valence-electron chi connectivity index (χ3n) is 0.758. The molecule has 0 saturated heterocycles. The Morgan fingerprint density at radius 1 is 1.33 bits per heavy atom. The number of carbonyl (C=O) groups excluding carboxylic acids is 1. The molecule has 0 radical (unpaired) electrons. The van der Waals surface area contributed by atoms with Crippen molar-refractivity contribution in [2.75, 3.05) is 0 Å². The maximum Gasteiger partial charge on any atom is 0.219 e. The van der Waals surface area contributed by atoms with E-state index in [4.69, 9.17) is 0 Å². The standard InChI is InChI=1S/C7H10OS/c1-5(2)4-6(3)7(8)9/h1-3H3,(H,8,9). The molecule has 0 spiro atoms. The van der Waals surface area contributed by atoms with Gasteiger partial charge in [0, 0.05) is 5.57 Å². The molecule has 0 aromatic carbocycles. The number of carbonyl (C=O) groups is 1. The molecule has 9 heavy (non-hydrogen) atoms. The van der Waals surface area contributed by atoms with Gasteiger partial charge in [-0.1, -0.05) is 0 Å². The van der Waals surface area contributed by atoms with E-state index in [9.17, 15) is 4.79 Å². The van der Waals surface area contributed by atoms with Crippen molar-refractivity contribution in [1.29, 1.82) is 0 Å². The minimum Gasteiger partial charge on any atom is -0.282 e. The first-order chi connectivity index (χ1) is 4.04. The Hall–Kier alpha value is -0.460. The van der Waals surface area contributed by atoms with Crippen LogP contribution >= 0.6 is 12.6 Å². The molecule has 50 valence electrons. The second-order valence-electron chi connectivity index (χ2n) is 2.06. The molecule has 0 N–H and O–H groups in total. The molecule has 0 amide bonds. The molecule has 0 atom stereocenters. The van der Waals surface area contributed by atoms with Gasteiger partial charge in [0.1, 0.15) is 0 Å². The predicted octanol–water partition coefficient (Wildman–Crippen LogP) is 1.95. The number of hydrogen-bond donors (Lipinski definition) is 1. The molecule has 0 aliphatic carbocycles. The van der Waals surface area contributed by atoms with Crippen molar-refractivity contribution in [2.24, 2.45) is 0 Å². The van der Waals surface area contributed by atoms with Crippen molar-refractivity contribution < 1.29 is 4.79 Å². The summed E-state index contributed by atoms with van der Waals surface area (Å²) in [5, 5.41) is -0.212. The van der Waals surface area contributed by atoms with Crippen LogP contribution < -0.4 is 0 Å². The van der Waals surface area contributed by atoms with E-state index in [2.05, 4.69) is 18.4 Å².